The molecule has 7 nitrogen and oxygen atoms in total. The number of amides is 1. The lowest BCUT2D eigenvalue weighted by molar-refractivity contribution is 0.00666. The van der Waals surface area contributed by atoms with Crippen LogP contribution in [0.2, 0.25) is 0 Å². The number of rotatable bonds is 8. The number of anilines is 1. The number of hydrogen-bond donors (Lipinski definition) is 0. The monoisotopic (exact) mass is 633 g/mol. The third kappa shape index (κ3) is 8.26. The standard InChI is InChI=1S/C40H47N3O4/c1-30-15-16-33(42-23-19-40(20-24-42)21-25-43(26-22-40)38(44)47-39(2,3)4)27-35(30)34-17-18-36(45-28-31-11-7-5-8-12-31)41-37(34)46-29-32-13-9-6-10-14-32/h5-18,27H,19-26,28-29H2,1-4H3. The Balaban J connectivity index is 1.16. The second-order valence-electron chi connectivity index (χ2n) is 14.0. The van der Waals surface area contributed by atoms with Gasteiger partial charge in [-0.15, -0.1) is 0 Å². The Morgan fingerprint density at radius 2 is 1.34 bits per heavy atom. The molecule has 0 saturated carbocycles. The molecule has 1 spiro atoms. The van der Waals surface area contributed by atoms with Crippen molar-refractivity contribution in [3.63, 3.8) is 0 Å². The molecule has 47 heavy (non-hydrogen) atoms. The van der Waals surface area contributed by atoms with Crippen LogP contribution in [0, 0.1) is 12.3 Å². The maximum Gasteiger partial charge on any atom is 0.410 e. The molecule has 6 rings (SSSR count). The van der Waals surface area contributed by atoms with Gasteiger partial charge in [-0.1, -0.05) is 66.7 Å². The number of nitrogens with zero attached hydrogens (tertiary/aromatic N) is 3. The molecule has 2 fully saturated rings. The van der Waals surface area contributed by atoms with Crippen molar-refractivity contribution in [2.24, 2.45) is 5.41 Å². The number of benzene rings is 3. The highest BCUT2D eigenvalue weighted by atomic mass is 16.6. The van der Waals surface area contributed by atoms with Crippen LogP contribution in [0.25, 0.3) is 11.1 Å². The predicted molar refractivity (Wildman–Crippen MR) is 187 cm³/mol. The zero-order valence-corrected chi connectivity index (χ0v) is 28.2. The quantitative estimate of drug-likeness (QED) is 0.193. The lowest BCUT2D eigenvalue weighted by Gasteiger charge is -2.47. The second-order valence-corrected chi connectivity index (χ2v) is 14.0. The fraction of sp³-hybridized carbons (Fsp3) is 0.400. The molecule has 0 aliphatic carbocycles. The van der Waals surface area contributed by atoms with E-state index in [2.05, 4.69) is 48.2 Å². The van der Waals surface area contributed by atoms with Crippen molar-refractivity contribution in [2.45, 2.75) is 72.2 Å². The van der Waals surface area contributed by atoms with E-state index in [-0.39, 0.29) is 6.09 Å². The fourth-order valence-electron chi connectivity index (χ4n) is 6.60. The maximum absolute atomic E-state index is 12.6. The van der Waals surface area contributed by atoms with E-state index in [1.54, 1.807) is 0 Å². The molecule has 0 bridgehead atoms. The number of aryl methyl sites for hydroxylation is 1. The lowest BCUT2D eigenvalue weighted by Crippen LogP contribution is -2.49. The van der Waals surface area contributed by atoms with Gasteiger partial charge in [-0.05, 0) is 99.2 Å². The summed E-state index contributed by atoms with van der Waals surface area (Å²) in [6, 6.07) is 31.0. The molecule has 2 aliphatic heterocycles. The summed E-state index contributed by atoms with van der Waals surface area (Å²) in [5.74, 6) is 1.10. The van der Waals surface area contributed by atoms with Gasteiger partial charge in [-0.3, -0.25) is 0 Å². The first kappa shape index (κ1) is 32.4. The molecule has 4 aromatic rings. The van der Waals surface area contributed by atoms with E-state index in [9.17, 15) is 4.79 Å². The Kier molecular flexibility index (Phi) is 9.71. The van der Waals surface area contributed by atoms with E-state index in [1.165, 1.54) is 11.3 Å². The van der Waals surface area contributed by atoms with Gasteiger partial charge in [-0.25, -0.2) is 4.79 Å². The molecule has 0 atom stereocenters. The van der Waals surface area contributed by atoms with Gasteiger partial charge in [0.1, 0.15) is 18.8 Å². The van der Waals surface area contributed by atoms with Crippen LogP contribution >= 0.6 is 0 Å². The molecule has 7 heteroatoms. The van der Waals surface area contributed by atoms with Gasteiger partial charge < -0.3 is 24.0 Å². The molecule has 0 radical (unpaired) electrons. The van der Waals surface area contributed by atoms with E-state index < -0.39 is 5.60 Å². The Labute approximate surface area is 279 Å². The fourth-order valence-corrected chi connectivity index (χ4v) is 6.60. The molecule has 1 amide bonds. The van der Waals surface area contributed by atoms with Crippen LogP contribution < -0.4 is 14.4 Å². The first-order chi connectivity index (χ1) is 22.7. The minimum Gasteiger partial charge on any atom is -0.473 e. The van der Waals surface area contributed by atoms with E-state index >= 15 is 0 Å². The number of pyridine rings is 1. The molecule has 246 valence electrons. The van der Waals surface area contributed by atoms with Crippen molar-refractivity contribution in [1.82, 2.24) is 9.88 Å². The molecular formula is C40H47N3O4. The SMILES string of the molecule is Cc1ccc(N2CCC3(CCN(C(=O)OC(C)(C)C)CC3)CC2)cc1-c1ccc(OCc2ccccc2)nc1OCc1ccccc1. The molecular weight excluding hydrogens is 586 g/mol. The Morgan fingerprint density at radius 3 is 1.96 bits per heavy atom. The summed E-state index contributed by atoms with van der Waals surface area (Å²) >= 11 is 0. The number of hydrogen-bond acceptors (Lipinski definition) is 6. The van der Waals surface area contributed by atoms with E-state index in [0.29, 0.717) is 30.4 Å². The third-order valence-corrected chi connectivity index (χ3v) is 9.46. The van der Waals surface area contributed by atoms with Crippen LogP contribution in [0.4, 0.5) is 10.5 Å². The lowest BCUT2D eigenvalue weighted by atomic mass is 9.71. The topological polar surface area (TPSA) is 64.1 Å². The summed E-state index contributed by atoms with van der Waals surface area (Å²) in [6.45, 7) is 12.3. The smallest absolute Gasteiger partial charge is 0.410 e. The molecule has 0 unspecified atom stereocenters. The minimum atomic E-state index is -0.465. The van der Waals surface area contributed by atoms with Gasteiger partial charge in [0, 0.05) is 43.5 Å². The number of carbonyl (C=O) groups is 1. The molecule has 3 heterocycles. The molecule has 1 aromatic heterocycles. The average Bonchev–Trinajstić information content (AvgIpc) is 3.08. The zero-order valence-electron chi connectivity index (χ0n) is 28.2. The van der Waals surface area contributed by atoms with Gasteiger partial charge in [0.05, 0.1) is 0 Å². The largest absolute Gasteiger partial charge is 0.473 e. The third-order valence-electron chi connectivity index (χ3n) is 9.46. The first-order valence-electron chi connectivity index (χ1n) is 16.8. The van der Waals surface area contributed by atoms with Crippen molar-refractivity contribution in [3.05, 3.63) is 108 Å². The molecule has 2 aliphatic rings. The summed E-state index contributed by atoms with van der Waals surface area (Å²) in [5.41, 5.74) is 6.44. The first-order valence-corrected chi connectivity index (χ1v) is 16.8. The Morgan fingerprint density at radius 1 is 0.745 bits per heavy atom. The van der Waals surface area contributed by atoms with Crippen molar-refractivity contribution in [3.8, 4) is 22.9 Å². The number of ether oxygens (including phenoxy) is 3. The number of aromatic nitrogens is 1. The highest BCUT2D eigenvalue weighted by molar-refractivity contribution is 5.76. The van der Waals surface area contributed by atoms with Crippen molar-refractivity contribution >= 4 is 11.8 Å². The van der Waals surface area contributed by atoms with Gasteiger partial charge >= 0.3 is 6.09 Å². The second kappa shape index (κ2) is 14.1. The van der Waals surface area contributed by atoms with Gasteiger partial charge in [0.25, 0.3) is 0 Å². The molecule has 0 N–H and O–H groups in total. The molecule has 2 saturated heterocycles. The summed E-state index contributed by atoms with van der Waals surface area (Å²) in [6.07, 6.45) is 4.13. The zero-order chi connectivity index (χ0) is 32.9. The number of carbonyl (C=O) groups excluding carboxylic acids is 1. The van der Waals surface area contributed by atoms with Gasteiger partial charge in [0.15, 0.2) is 0 Å². The van der Waals surface area contributed by atoms with Crippen molar-refractivity contribution in [2.75, 3.05) is 31.1 Å². The van der Waals surface area contributed by atoms with Crippen LogP contribution in [0.3, 0.4) is 0 Å². The molecule has 3 aromatic carbocycles. The summed E-state index contributed by atoms with van der Waals surface area (Å²) < 4.78 is 18.1. The van der Waals surface area contributed by atoms with Crippen LogP contribution in [0.5, 0.6) is 11.8 Å². The van der Waals surface area contributed by atoms with Crippen molar-refractivity contribution in [1.29, 1.82) is 0 Å². The highest BCUT2D eigenvalue weighted by Gasteiger charge is 2.39. The van der Waals surface area contributed by atoms with Gasteiger partial charge in [0.2, 0.25) is 11.8 Å². The summed E-state index contributed by atoms with van der Waals surface area (Å²) in [4.78, 5) is 21.9. The Bertz CT molecular complexity index is 1630. The van der Waals surface area contributed by atoms with Crippen molar-refractivity contribution < 1.29 is 19.0 Å². The van der Waals surface area contributed by atoms with Crippen LogP contribution in [0.1, 0.15) is 63.1 Å². The van der Waals surface area contributed by atoms with Crippen LogP contribution in [0.15, 0.2) is 91.0 Å². The summed E-state index contributed by atoms with van der Waals surface area (Å²) in [7, 11) is 0. The van der Waals surface area contributed by atoms with E-state index in [1.807, 2.05) is 80.3 Å². The number of likely N-dealkylation sites (tertiary alicyclic amines) is 1. The van der Waals surface area contributed by atoms with E-state index in [4.69, 9.17) is 19.2 Å². The number of piperidine rings is 2. The predicted octanol–water partition coefficient (Wildman–Crippen LogP) is 8.83. The minimum absolute atomic E-state index is 0.186. The highest BCUT2D eigenvalue weighted by Crippen LogP contribution is 2.43. The Hall–Kier alpha value is -4.52. The summed E-state index contributed by atoms with van der Waals surface area (Å²) in [5, 5.41) is 0. The maximum atomic E-state index is 12.6. The van der Waals surface area contributed by atoms with E-state index in [0.717, 1.165) is 74.1 Å². The van der Waals surface area contributed by atoms with Crippen LogP contribution in [-0.2, 0) is 18.0 Å². The van der Waals surface area contributed by atoms with Gasteiger partial charge in [-0.2, -0.15) is 4.98 Å². The average molecular weight is 634 g/mol. The normalized spacial score (nSPS) is 16.2. The van der Waals surface area contributed by atoms with Crippen LogP contribution in [-0.4, -0.2) is 47.8 Å².